The quantitative estimate of drug-likeness (QED) is 0.293. The summed E-state index contributed by atoms with van der Waals surface area (Å²) in [5, 5.41) is 10.7. The number of anilines is 1. The molecule has 156 valence electrons. The number of benzene rings is 2. The third kappa shape index (κ3) is 6.39. The number of nitrogens with one attached hydrogen (secondary N) is 1. The van der Waals surface area contributed by atoms with E-state index in [4.69, 9.17) is 0 Å². The van der Waals surface area contributed by atoms with Crippen LogP contribution < -0.4 is 5.32 Å². The molecule has 0 radical (unpaired) electrons. The summed E-state index contributed by atoms with van der Waals surface area (Å²) in [6, 6.07) is 13.9. The van der Waals surface area contributed by atoms with Gasteiger partial charge in [0, 0.05) is 12.0 Å². The number of rotatable bonds is 8. The van der Waals surface area contributed by atoms with E-state index in [2.05, 4.69) is 15.5 Å². The average molecular weight is 451 g/mol. The molecule has 30 heavy (non-hydrogen) atoms. The molecule has 0 saturated carbocycles. The number of hydrogen-bond acceptors (Lipinski definition) is 6. The standard InChI is InChI=1S/C20H16F3N3O2S2/c21-20(22,23)15-8-4-7-14(11-15)16(27)12-29-19-26-25-18(30-19)24-17(28)10-9-13-5-2-1-3-6-13/h1-8,11H,9-10,12H2,(H,24,25,28). The van der Waals surface area contributed by atoms with Crippen LogP contribution in [0.3, 0.4) is 0 Å². The van der Waals surface area contributed by atoms with E-state index >= 15 is 0 Å². The topological polar surface area (TPSA) is 72.0 Å². The van der Waals surface area contributed by atoms with Gasteiger partial charge in [-0.05, 0) is 24.1 Å². The molecule has 0 bridgehead atoms. The fourth-order valence-corrected chi connectivity index (χ4v) is 4.15. The molecule has 1 aromatic heterocycles. The first-order valence-corrected chi connectivity index (χ1v) is 10.6. The molecule has 2 aromatic carbocycles. The van der Waals surface area contributed by atoms with Crippen molar-refractivity contribution in [2.24, 2.45) is 0 Å². The molecular weight excluding hydrogens is 435 g/mol. The molecule has 0 aliphatic heterocycles. The number of Topliss-reactive ketones (excluding diaryl/α,β-unsaturated/α-hetero) is 1. The molecule has 0 fully saturated rings. The summed E-state index contributed by atoms with van der Waals surface area (Å²) in [5.74, 6) is -0.737. The minimum absolute atomic E-state index is 0.0173. The third-order valence-corrected chi connectivity index (χ3v) is 5.95. The Labute approximate surface area is 178 Å². The van der Waals surface area contributed by atoms with Crippen LogP contribution in [0.2, 0.25) is 0 Å². The smallest absolute Gasteiger partial charge is 0.300 e. The van der Waals surface area contributed by atoms with Crippen molar-refractivity contribution >= 4 is 39.9 Å². The molecule has 0 unspecified atom stereocenters. The summed E-state index contributed by atoms with van der Waals surface area (Å²) in [7, 11) is 0. The van der Waals surface area contributed by atoms with Gasteiger partial charge in [0.05, 0.1) is 11.3 Å². The fraction of sp³-hybridized carbons (Fsp3) is 0.200. The number of carbonyl (C=O) groups is 2. The van der Waals surface area contributed by atoms with Gasteiger partial charge in [0.25, 0.3) is 0 Å². The van der Waals surface area contributed by atoms with E-state index in [1.165, 1.54) is 12.1 Å². The Morgan fingerprint density at radius 1 is 1.03 bits per heavy atom. The molecule has 1 heterocycles. The number of halogens is 3. The minimum Gasteiger partial charge on any atom is -0.300 e. The van der Waals surface area contributed by atoms with Crippen molar-refractivity contribution in [2.75, 3.05) is 11.1 Å². The molecule has 3 rings (SSSR count). The minimum atomic E-state index is -4.50. The number of hydrogen-bond donors (Lipinski definition) is 1. The van der Waals surface area contributed by atoms with Crippen LogP contribution in [0.5, 0.6) is 0 Å². The van der Waals surface area contributed by atoms with E-state index in [0.29, 0.717) is 22.3 Å². The van der Waals surface area contributed by atoms with Crippen molar-refractivity contribution in [3.63, 3.8) is 0 Å². The highest BCUT2D eigenvalue weighted by molar-refractivity contribution is 8.01. The first-order chi connectivity index (χ1) is 14.3. The van der Waals surface area contributed by atoms with Crippen LogP contribution in [-0.2, 0) is 17.4 Å². The number of aromatic nitrogens is 2. The van der Waals surface area contributed by atoms with Gasteiger partial charge < -0.3 is 5.32 Å². The average Bonchev–Trinajstić information content (AvgIpc) is 3.18. The molecule has 0 aliphatic rings. The molecule has 1 N–H and O–H groups in total. The summed E-state index contributed by atoms with van der Waals surface area (Å²) < 4.78 is 38.8. The number of amides is 1. The van der Waals surface area contributed by atoms with Crippen LogP contribution in [0.25, 0.3) is 0 Å². The van der Waals surface area contributed by atoms with Crippen molar-refractivity contribution in [1.82, 2.24) is 10.2 Å². The summed E-state index contributed by atoms with van der Waals surface area (Å²) in [4.78, 5) is 24.2. The maximum Gasteiger partial charge on any atom is 0.416 e. The van der Waals surface area contributed by atoms with E-state index in [0.717, 1.165) is 40.8 Å². The maximum atomic E-state index is 12.8. The molecule has 5 nitrogen and oxygen atoms in total. The van der Waals surface area contributed by atoms with Crippen LogP contribution in [0, 0.1) is 0 Å². The number of carbonyl (C=O) groups excluding carboxylic acids is 2. The van der Waals surface area contributed by atoms with Gasteiger partial charge in [-0.25, -0.2) is 0 Å². The van der Waals surface area contributed by atoms with Crippen LogP contribution in [0.1, 0.15) is 27.9 Å². The van der Waals surface area contributed by atoms with Crippen LogP contribution in [0.4, 0.5) is 18.3 Å². The van der Waals surface area contributed by atoms with Crippen LogP contribution >= 0.6 is 23.1 Å². The normalized spacial score (nSPS) is 11.3. The maximum absolute atomic E-state index is 12.8. The van der Waals surface area contributed by atoms with E-state index in [1.54, 1.807) is 0 Å². The number of nitrogens with zero attached hydrogens (tertiary/aromatic N) is 2. The third-order valence-electron chi connectivity index (χ3n) is 3.97. The van der Waals surface area contributed by atoms with E-state index in [-0.39, 0.29) is 17.2 Å². The molecule has 1 amide bonds. The van der Waals surface area contributed by atoms with Crippen LogP contribution in [-0.4, -0.2) is 27.6 Å². The number of aryl methyl sites for hydroxylation is 1. The summed E-state index contributed by atoms with van der Waals surface area (Å²) in [6.07, 6.45) is -3.62. The number of alkyl halides is 3. The Morgan fingerprint density at radius 3 is 2.53 bits per heavy atom. The second kappa shape index (κ2) is 9.86. The van der Waals surface area contributed by atoms with E-state index in [9.17, 15) is 22.8 Å². The number of thioether (sulfide) groups is 1. The van der Waals surface area contributed by atoms with Gasteiger partial charge >= 0.3 is 6.18 Å². The Bertz CT molecular complexity index is 1020. The monoisotopic (exact) mass is 451 g/mol. The van der Waals surface area contributed by atoms with Gasteiger partial charge in [-0.3, -0.25) is 9.59 Å². The highest BCUT2D eigenvalue weighted by Gasteiger charge is 2.30. The summed E-state index contributed by atoms with van der Waals surface area (Å²) >= 11 is 2.16. The highest BCUT2D eigenvalue weighted by Crippen LogP contribution is 2.30. The molecule has 0 spiro atoms. The second-order valence-electron chi connectivity index (χ2n) is 6.20. The lowest BCUT2D eigenvalue weighted by molar-refractivity contribution is -0.137. The van der Waals surface area contributed by atoms with Crippen molar-refractivity contribution in [1.29, 1.82) is 0 Å². The van der Waals surface area contributed by atoms with Crippen LogP contribution in [0.15, 0.2) is 58.9 Å². The lowest BCUT2D eigenvalue weighted by atomic mass is 10.1. The largest absolute Gasteiger partial charge is 0.416 e. The van der Waals surface area contributed by atoms with Crippen molar-refractivity contribution in [3.05, 3.63) is 71.3 Å². The SMILES string of the molecule is O=C(CCc1ccccc1)Nc1nnc(SCC(=O)c2cccc(C(F)(F)F)c2)s1. The van der Waals surface area contributed by atoms with Gasteiger partial charge in [0.15, 0.2) is 10.1 Å². The molecule has 0 saturated heterocycles. The van der Waals surface area contributed by atoms with E-state index < -0.39 is 17.5 Å². The second-order valence-corrected chi connectivity index (χ2v) is 8.40. The summed E-state index contributed by atoms with van der Waals surface area (Å²) in [5.41, 5.74) is 0.167. The van der Waals surface area contributed by atoms with Gasteiger partial charge in [-0.1, -0.05) is 65.6 Å². The Kier molecular flexibility index (Phi) is 7.22. The Morgan fingerprint density at radius 2 is 1.80 bits per heavy atom. The lowest BCUT2D eigenvalue weighted by Crippen LogP contribution is -2.12. The van der Waals surface area contributed by atoms with Gasteiger partial charge in [-0.2, -0.15) is 13.2 Å². The molecule has 0 atom stereocenters. The molecule has 3 aromatic rings. The lowest BCUT2D eigenvalue weighted by Gasteiger charge is -2.07. The number of ketones is 1. The van der Waals surface area contributed by atoms with Crippen molar-refractivity contribution in [2.45, 2.75) is 23.4 Å². The molecular formula is C20H16F3N3O2S2. The van der Waals surface area contributed by atoms with Crippen molar-refractivity contribution < 1.29 is 22.8 Å². The Hall–Kier alpha value is -2.72. The van der Waals surface area contributed by atoms with Crippen molar-refractivity contribution in [3.8, 4) is 0 Å². The molecule has 0 aliphatic carbocycles. The fourth-order valence-electron chi connectivity index (χ4n) is 2.48. The predicted molar refractivity (Wildman–Crippen MR) is 110 cm³/mol. The summed E-state index contributed by atoms with van der Waals surface area (Å²) in [6.45, 7) is 0. The zero-order valence-electron chi connectivity index (χ0n) is 15.5. The molecule has 10 heteroatoms. The Balaban J connectivity index is 1.49. The highest BCUT2D eigenvalue weighted by atomic mass is 32.2. The first-order valence-electron chi connectivity index (χ1n) is 8.82. The zero-order valence-corrected chi connectivity index (χ0v) is 17.1. The zero-order chi connectivity index (χ0) is 21.6. The van der Waals surface area contributed by atoms with Gasteiger partial charge in [0.1, 0.15) is 0 Å². The van der Waals surface area contributed by atoms with Gasteiger partial charge in [-0.15, -0.1) is 10.2 Å². The first kappa shape index (κ1) is 22.0. The predicted octanol–water partition coefficient (Wildman–Crippen LogP) is 5.10. The van der Waals surface area contributed by atoms with E-state index in [1.807, 2.05) is 30.3 Å². The van der Waals surface area contributed by atoms with Gasteiger partial charge in [0.2, 0.25) is 11.0 Å².